The van der Waals surface area contributed by atoms with Gasteiger partial charge in [-0.25, -0.2) is 9.97 Å². The number of hydrogen-bond acceptors (Lipinski definition) is 6. The highest BCUT2D eigenvalue weighted by Gasteiger charge is 2.12. The quantitative estimate of drug-likeness (QED) is 0.273. The summed E-state index contributed by atoms with van der Waals surface area (Å²) < 4.78 is 0. The van der Waals surface area contributed by atoms with Crippen LogP contribution in [-0.4, -0.2) is 25.1 Å². The molecule has 0 saturated carbocycles. The molecule has 0 fully saturated rings. The highest BCUT2D eigenvalue weighted by atomic mass is 35.5. The average molecular weight is 481 g/mol. The lowest BCUT2D eigenvalue weighted by Crippen LogP contribution is -1.99. The molecule has 0 aliphatic rings. The van der Waals surface area contributed by atoms with Crippen LogP contribution in [0.1, 0.15) is 0 Å². The molecule has 0 atom stereocenters. The molecular formula is C26H17ClN6S. The molecule has 8 heteroatoms. The topological polar surface area (TPSA) is 79.4 Å². The number of hydrogen-bond donors (Lipinski definition) is 2. The van der Waals surface area contributed by atoms with E-state index >= 15 is 0 Å². The molecule has 164 valence electrons. The first-order valence-electron chi connectivity index (χ1n) is 10.6. The predicted octanol–water partition coefficient (Wildman–Crippen LogP) is 7.12. The molecule has 0 radical (unpaired) electrons. The van der Waals surface area contributed by atoms with Gasteiger partial charge in [-0.2, -0.15) is 0 Å². The Labute approximate surface area is 204 Å². The number of aromatic nitrogens is 5. The van der Waals surface area contributed by atoms with Crippen molar-refractivity contribution in [3.05, 3.63) is 96.4 Å². The number of fused-ring (bicyclic) bond motifs is 2. The number of aromatic amines is 1. The zero-order chi connectivity index (χ0) is 22.9. The fourth-order valence-corrected chi connectivity index (χ4v) is 4.82. The van der Waals surface area contributed by atoms with E-state index in [1.54, 1.807) is 24.3 Å². The molecule has 0 bridgehead atoms. The van der Waals surface area contributed by atoms with Crippen LogP contribution < -0.4 is 5.32 Å². The van der Waals surface area contributed by atoms with Gasteiger partial charge in [0.1, 0.15) is 11.2 Å². The van der Waals surface area contributed by atoms with Gasteiger partial charge in [0.05, 0.1) is 6.33 Å². The number of pyridine rings is 1. The third kappa shape index (κ3) is 3.96. The van der Waals surface area contributed by atoms with Gasteiger partial charge in [0.15, 0.2) is 11.5 Å². The SMILES string of the molecule is Clc1ccc(-c2nnc(Nc3ccc(Sc4ccnc5[nH]cnc45)cc3)c3ccccc23)cc1. The summed E-state index contributed by atoms with van der Waals surface area (Å²) in [4.78, 5) is 13.9. The van der Waals surface area contributed by atoms with Crippen molar-refractivity contribution < 1.29 is 0 Å². The van der Waals surface area contributed by atoms with E-state index in [4.69, 9.17) is 11.6 Å². The monoisotopic (exact) mass is 480 g/mol. The van der Waals surface area contributed by atoms with Crippen LogP contribution in [0.15, 0.2) is 101 Å². The van der Waals surface area contributed by atoms with Crippen LogP contribution in [0.3, 0.4) is 0 Å². The summed E-state index contributed by atoms with van der Waals surface area (Å²) in [6.45, 7) is 0. The highest BCUT2D eigenvalue weighted by molar-refractivity contribution is 7.99. The van der Waals surface area contributed by atoms with Gasteiger partial charge in [-0.1, -0.05) is 59.8 Å². The maximum Gasteiger partial charge on any atom is 0.161 e. The Bertz CT molecular complexity index is 1610. The van der Waals surface area contributed by atoms with Gasteiger partial charge >= 0.3 is 0 Å². The maximum atomic E-state index is 6.05. The summed E-state index contributed by atoms with van der Waals surface area (Å²) in [6.07, 6.45) is 3.45. The van der Waals surface area contributed by atoms with E-state index < -0.39 is 0 Å². The number of nitrogens with one attached hydrogen (secondary N) is 2. The van der Waals surface area contributed by atoms with Gasteiger partial charge in [-0.3, -0.25) is 0 Å². The van der Waals surface area contributed by atoms with E-state index in [9.17, 15) is 0 Å². The van der Waals surface area contributed by atoms with Crippen LogP contribution in [-0.2, 0) is 0 Å². The number of nitrogens with zero attached hydrogens (tertiary/aromatic N) is 4. The lowest BCUT2D eigenvalue weighted by atomic mass is 10.0. The van der Waals surface area contributed by atoms with E-state index in [2.05, 4.69) is 54.7 Å². The fourth-order valence-electron chi connectivity index (χ4n) is 3.79. The Morgan fingerprint density at radius 3 is 2.41 bits per heavy atom. The molecule has 6 nitrogen and oxygen atoms in total. The summed E-state index contributed by atoms with van der Waals surface area (Å²) in [6, 6.07) is 26.0. The predicted molar refractivity (Wildman–Crippen MR) is 138 cm³/mol. The number of imidazole rings is 1. The molecule has 2 N–H and O–H groups in total. The van der Waals surface area contributed by atoms with Crippen molar-refractivity contribution in [3.63, 3.8) is 0 Å². The second kappa shape index (κ2) is 8.78. The minimum absolute atomic E-state index is 0.693. The van der Waals surface area contributed by atoms with E-state index in [-0.39, 0.29) is 0 Å². The van der Waals surface area contributed by atoms with Gasteiger partial charge in [0.25, 0.3) is 0 Å². The van der Waals surface area contributed by atoms with E-state index in [1.165, 1.54) is 0 Å². The second-order valence-electron chi connectivity index (χ2n) is 7.61. The first-order chi connectivity index (χ1) is 16.7. The molecule has 0 saturated heterocycles. The molecule has 0 aliphatic carbocycles. The third-order valence-electron chi connectivity index (χ3n) is 5.43. The molecule has 0 aliphatic heterocycles. The summed E-state index contributed by atoms with van der Waals surface area (Å²) in [7, 11) is 0. The Balaban J connectivity index is 1.28. The lowest BCUT2D eigenvalue weighted by Gasteiger charge is -2.12. The van der Waals surface area contributed by atoms with Crippen molar-refractivity contribution in [2.45, 2.75) is 9.79 Å². The smallest absolute Gasteiger partial charge is 0.161 e. The van der Waals surface area contributed by atoms with E-state index in [1.807, 2.05) is 54.6 Å². The highest BCUT2D eigenvalue weighted by Crippen LogP contribution is 2.34. The summed E-state index contributed by atoms with van der Waals surface area (Å²) >= 11 is 7.71. The molecule has 34 heavy (non-hydrogen) atoms. The van der Waals surface area contributed by atoms with Crippen molar-refractivity contribution in [2.75, 3.05) is 5.32 Å². The van der Waals surface area contributed by atoms with Crippen LogP contribution >= 0.6 is 23.4 Å². The number of halogens is 1. The average Bonchev–Trinajstić information content (AvgIpc) is 3.36. The summed E-state index contributed by atoms with van der Waals surface area (Å²) in [5.41, 5.74) is 4.39. The zero-order valence-electron chi connectivity index (χ0n) is 17.7. The standard InChI is InChI=1S/C26H17ClN6S/c27-17-7-5-16(6-8-17)23-20-3-1-2-4-21(20)25(33-32-23)31-18-9-11-19(12-10-18)34-22-13-14-28-26-24(22)29-15-30-26/h1-15H,(H,31,33)(H,28,29,30). The van der Waals surface area contributed by atoms with Crippen LogP contribution in [0.25, 0.3) is 33.2 Å². The number of H-pyrrole nitrogens is 1. The third-order valence-corrected chi connectivity index (χ3v) is 6.74. The minimum atomic E-state index is 0.693. The Hall–Kier alpha value is -3.94. The molecule has 6 aromatic rings. The molecular weight excluding hydrogens is 464 g/mol. The largest absolute Gasteiger partial charge is 0.338 e. The first kappa shape index (κ1) is 20.7. The van der Waals surface area contributed by atoms with Gasteiger partial charge in [0, 0.05) is 43.0 Å². The van der Waals surface area contributed by atoms with Crippen molar-refractivity contribution in [1.82, 2.24) is 25.1 Å². The second-order valence-corrected chi connectivity index (χ2v) is 9.16. The van der Waals surface area contributed by atoms with Gasteiger partial charge < -0.3 is 10.3 Å². The van der Waals surface area contributed by atoms with E-state index in [0.717, 1.165) is 48.7 Å². The van der Waals surface area contributed by atoms with Crippen LogP contribution in [0.5, 0.6) is 0 Å². The summed E-state index contributed by atoms with van der Waals surface area (Å²) in [5.74, 6) is 0.709. The molecule has 3 heterocycles. The van der Waals surface area contributed by atoms with Crippen molar-refractivity contribution in [3.8, 4) is 11.3 Å². The number of benzene rings is 3. The van der Waals surface area contributed by atoms with Crippen molar-refractivity contribution in [1.29, 1.82) is 0 Å². The van der Waals surface area contributed by atoms with E-state index in [0.29, 0.717) is 10.8 Å². The molecule has 3 aromatic heterocycles. The molecule has 0 spiro atoms. The van der Waals surface area contributed by atoms with Gasteiger partial charge in [-0.05, 0) is 42.5 Å². The van der Waals surface area contributed by atoms with Crippen LogP contribution in [0.4, 0.5) is 11.5 Å². The fraction of sp³-hybridized carbons (Fsp3) is 0. The normalized spacial score (nSPS) is 11.2. The Kier molecular flexibility index (Phi) is 5.33. The molecule has 3 aromatic carbocycles. The zero-order valence-corrected chi connectivity index (χ0v) is 19.3. The maximum absolute atomic E-state index is 6.05. The van der Waals surface area contributed by atoms with Crippen molar-refractivity contribution >= 4 is 56.8 Å². The number of anilines is 2. The molecule has 0 unspecified atom stereocenters. The number of rotatable bonds is 5. The summed E-state index contributed by atoms with van der Waals surface area (Å²) in [5, 5.41) is 15.2. The lowest BCUT2D eigenvalue weighted by molar-refractivity contribution is 1.06. The Morgan fingerprint density at radius 2 is 1.59 bits per heavy atom. The van der Waals surface area contributed by atoms with Gasteiger partial charge in [0.2, 0.25) is 0 Å². The van der Waals surface area contributed by atoms with Crippen LogP contribution in [0.2, 0.25) is 5.02 Å². The van der Waals surface area contributed by atoms with Gasteiger partial charge in [-0.15, -0.1) is 10.2 Å². The first-order valence-corrected chi connectivity index (χ1v) is 11.8. The Morgan fingerprint density at radius 1 is 0.794 bits per heavy atom. The van der Waals surface area contributed by atoms with Crippen molar-refractivity contribution in [2.24, 2.45) is 0 Å². The molecule has 0 amide bonds. The molecule has 6 rings (SSSR count). The van der Waals surface area contributed by atoms with Crippen LogP contribution in [0, 0.1) is 0 Å². The minimum Gasteiger partial charge on any atom is -0.338 e.